The van der Waals surface area contributed by atoms with Gasteiger partial charge >= 0.3 is 12.1 Å². The summed E-state index contributed by atoms with van der Waals surface area (Å²) in [6.45, 7) is 3.59. The second-order valence-corrected chi connectivity index (χ2v) is 8.03. The summed E-state index contributed by atoms with van der Waals surface area (Å²) in [6, 6.07) is 25.5. The Morgan fingerprint density at radius 2 is 1.38 bits per heavy atom. The minimum atomic E-state index is -0.354. The molecule has 0 spiro atoms. The van der Waals surface area contributed by atoms with Gasteiger partial charge in [0, 0.05) is 49.8 Å². The molecule has 0 saturated carbocycles. The highest BCUT2D eigenvalue weighted by Gasteiger charge is 2.21. The van der Waals surface area contributed by atoms with Crippen LogP contribution >= 0.6 is 0 Å². The zero-order valence-electron chi connectivity index (χ0n) is 18.7. The molecule has 1 aliphatic rings. The van der Waals surface area contributed by atoms with Crippen LogP contribution in [-0.2, 0) is 6.54 Å². The number of nitrogens with one attached hydrogen (secondary N) is 3. The van der Waals surface area contributed by atoms with Crippen LogP contribution in [0.4, 0.5) is 26.7 Å². The lowest BCUT2D eigenvalue weighted by atomic mass is 10.1. The van der Waals surface area contributed by atoms with Gasteiger partial charge in [0.05, 0.1) is 11.6 Å². The van der Waals surface area contributed by atoms with E-state index in [1.807, 2.05) is 42.5 Å². The normalized spacial score (nSPS) is 13.6. The molecule has 0 radical (unpaired) electrons. The van der Waals surface area contributed by atoms with Gasteiger partial charge in [-0.25, -0.2) is 9.59 Å². The van der Waals surface area contributed by atoms with Crippen molar-refractivity contribution in [1.82, 2.24) is 9.80 Å². The van der Waals surface area contributed by atoms with E-state index in [2.05, 4.69) is 26.9 Å². The number of hydrogen-bond acceptors (Lipinski definition) is 4. The van der Waals surface area contributed by atoms with Crippen molar-refractivity contribution < 1.29 is 9.59 Å². The lowest BCUT2D eigenvalue weighted by Crippen LogP contribution is -2.49. The number of nitriles is 1. The van der Waals surface area contributed by atoms with Crippen LogP contribution in [0.5, 0.6) is 0 Å². The van der Waals surface area contributed by atoms with Gasteiger partial charge in [-0.2, -0.15) is 5.26 Å². The Labute approximate surface area is 198 Å². The van der Waals surface area contributed by atoms with Gasteiger partial charge in [-0.1, -0.05) is 36.4 Å². The first kappa shape index (κ1) is 22.8. The average Bonchev–Trinajstić information content (AvgIpc) is 2.86. The average molecular weight is 455 g/mol. The van der Waals surface area contributed by atoms with Crippen molar-refractivity contribution in [1.29, 1.82) is 5.26 Å². The van der Waals surface area contributed by atoms with Gasteiger partial charge in [-0.05, 0) is 48.0 Å². The molecule has 1 fully saturated rings. The van der Waals surface area contributed by atoms with Crippen molar-refractivity contribution in [3.05, 3.63) is 90.0 Å². The van der Waals surface area contributed by atoms with Crippen LogP contribution in [0, 0.1) is 11.3 Å². The molecule has 4 amide bonds. The van der Waals surface area contributed by atoms with Crippen LogP contribution in [-0.4, -0.2) is 48.0 Å². The van der Waals surface area contributed by atoms with E-state index in [-0.39, 0.29) is 12.1 Å². The first-order valence-electron chi connectivity index (χ1n) is 11.1. The maximum atomic E-state index is 12.7. The molecular formula is C26H26N6O2. The number of rotatable bonds is 5. The van der Waals surface area contributed by atoms with Crippen LogP contribution in [0.3, 0.4) is 0 Å². The molecule has 3 N–H and O–H groups in total. The predicted octanol–water partition coefficient (Wildman–Crippen LogP) is 4.55. The van der Waals surface area contributed by atoms with Crippen molar-refractivity contribution in [2.75, 3.05) is 42.1 Å². The second-order valence-electron chi connectivity index (χ2n) is 8.03. The fraction of sp³-hybridized carbons (Fsp3) is 0.192. The third kappa shape index (κ3) is 6.34. The molecule has 0 bridgehead atoms. The third-order valence-corrected chi connectivity index (χ3v) is 5.55. The van der Waals surface area contributed by atoms with Gasteiger partial charge in [-0.3, -0.25) is 4.90 Å². The first-order valence-corrected chi connectivity index (χ1v) is 11.1. The number of urea groups is 2. The summed E-state index contributed by atoms with van der Waals surface area (Å²) in [5, 5.41) is 17.4. The zero-order chi connectivity index (χ0) is 23.8. The smallest absolute Gasteiger partial charge is 0.322 e. The van der Waals surface area contributed by atoms with Crippen LogP contribution in [0.2, 0.25) is 0 Å². The van der Waals surface area contributed by atoms with Gasteiger partial charge in [0.2, 0.25) is 0 Å². The molecule has 4 rings (SSSR count). The molecule has 8 heteroatoms. The van der Waals surface area contributed by atoms with Crippen molar-refractivity contribution in [3.8, 4) is 6.07 Å². The molecule has 1 saturated heterocycles. The SMILES string of the molecule is N#Cc1ccc(CN2CCN(C(=O)Nc3cccc(NC(=O)Nc4ccccc4)c3)CC2)cc1. The van der Waals surface area contributed by atoms with Crippen LogP contribution < -0.4 is 16.0 Å². The van der Waals surface area contributed by atoms with Crippen LogP contribution in [0.25, 0.3) is 0 Å². The highest BCUT2D eigenvalue weighted by atomic mass is 16.2. The molecular weight excluding hydrogens is 428 g/mol. The van der Waals surface area contributed by atoms with Gasteiger partial charge in [-0.15, -0.1) is 0 Å². The van der Waals surface area contributed by atoms with Crippen LogP contribution in [0.1, 0.15) is 11.1 Å². The number of carbonyl (C=O) groups excluding carboxylic acids is 2. The monoisotopic (exact) mass is 454 g/mol. The standard InChI is InChI=1S/C26H26N6O2/c27-18-20-9-11-21(12-10-20)19-31-13-15-32(16-14-31)26(34)30-24-8-4-7-23(17-24)29-25(33)28-22-5-2-1-3-6-22/h1-12,17H,13-16,19H2,(H,30,34)(H2,28,29,33). The van der Waals surface area contributed by atoms with Gasteiger partial charge in [0.25, 0.3) is 0 Å². The Morgan fingerprint density at radius 1 is 0.765 bits per heavy atom. The van der Waals surface area contributed by atoms with E-state index in [9.17, 15) is 9.59 Å². The summed E-state index contributed by atoms with van der Waals surface area (Å²) < 4.78 is 0. The molecule has 3 aromatic carbocycles. The first-order chi connectivity index (χ1) is 16.6. The second kappa shape index (κ2) is 11.0. The van der Waals surface area contributed by atoms with Gasteiger partial charge in [0.15, 0.2) is 0 Å². The fourth-order valence-corrected chi connectivity index (χ4v) is 3.74. The number of amides is 4. The summed E-state index contributed by atoms with van der Waals surface area (Å²) in [7, 11) is 0. The molecule has 0 aromatic heterocycles. The Bertz CT molecular complexity index is 1170. The minimum Gasteiger partial charge on any atom is -0.322 e. The Hall–Kier alpha value is -4.35. The number of para-hydroxylation sites is 1. The lowest BCUT2D eigenvalue weighted by molar-refractivity contribution is 0.143. The molecule has 34 heavy (non-hydrogen) atoms. The zero-order valence-corrected chi connectivity index (χ0v) is 18.7. The lowest BCUT2D eigenvalue weighted by Gasteiger charge is -2.34. The van der Waals surface area contributed by atoms with Gasteiger partial charge in [0.1, 0.15) is 0 Å². The van der Waals surface area contributed by atoms with Crippen molar-refractivity contribution >= 4 is 29.1 Å². The number of anilines is 3. The Morgan fingerprint density at radius 3 is 2.06 bits per heavy atom. The predicted molar refractivity (Wildman–Crippen MR) is 133 cm³/mol. The van der Waals surface area contributed by atoms with E-state index in [4.69, 9.17) is 5.26 Å². The summed E-state index contributed by atoms with van der Waals surface area (Å²) in [5.74, 6) is 0. The quantitative estimate of drug-likeness (QED) is 0.526. The number of piperazine rings is 1. The molecule has 1 aliphatic heterocycles. The van der Waals surface area contributed by atoms with Gasteiger partial charge < -0.3 is 20.9 Å². The van der Waals surface area contributed by atoms with Crippen molar-refractivity contribution in [2.45, 2.75) is 6.54 Å². The largest absolute Gasteiger partial charge is 0.323 e. The highest BCUT2D eigenvalue weighted by molar-refractivity contribution is 6.00. The molecule has 3 aromatic rings. The highest BCUT2D eigenvalue weighted by Crippen LogP contribution is 2.17. The molecule has 8 nitrogen and oxygen atoms in total. The van der Waals surface area contributed by atoms with E-state index in [1.165, 1.54) is 0 Å². The number of hydrogen-bond donors (Lipinski definition) is 3. The van der Waals surface area contributed by atoms with E-state index in [1.54, 1.807) is 41.3 Å². The molecule has 1 heterocycles. The third-order valence-electron chi connectivity index (χ3n) is 5.55. The number of nitrogens with zero attached hydrogens (tertiary/aromatic N) is 3. The van der Waals surface area contributed by atoms with Crippen LogP contribution in [0.15, 0.2) is 78.9 Å². The van der Waals surface area contributed by atoms with E-state index < -0.39 is 0 Å². The maximum Gasteiger partial charge on any atom is 0.323 e. The Kier molecular flexibility index (Phi) is 7.38. The molecule has 0 aliphatic carbocycles. The summed E-state index contributed by atoms with van der Waals surface area (Å²) in [5.41, 5.74) is 3.70. The summed E-state index contributed by atoms with van der Waals surface area (Å²) in [6.07, 6.45) is 0. The summed E-state index contributed by atoms with van der Waals surface area (Å²) in [4.78, 5) is 29.0. The van der Waals surface area contributed by atoms with E-state index in [0.717, 1.165) is 25.2 Å². The summed E-state index contributed by atoms with van der Waals surface area (Å²) >= 11 is 0. The van der Waals surface area contributed by atoms with E-state index >= 15 is 0 Å². The molecule has 172 valence electrons. The van der Waals surface area contributed by atoms with E-state index in [0.29, 0.717) is 35.7 Å². The topological polar surface area (TPSA) is 100 Å². The number of benzene rings is 3. The fourth-order valence-electron chi connectivity index (χ4n) is 3.74. The van der Waals surface area contributed by atoms with Crippen molar-refractivity contribution in [2.24, 2.45) is 0 Å². The minimum absolute atomic E-state index is 0.163. The number of carbonyl (C=O) groups is 2. The molecule has 0 atom stereocenters. The Balaban J connectivity index is 1.25. The maximum absolute atomic E-state index is 12.7. The molecule has 0 unspecified atom stereocenters. The van der Waals surface area contributed by atoms with Crippen molar-refractivity contribution in [3.63, 3.8) is 0 Å².